The Morgan fingerprint density at radius 2 is 1.89 bits per heavy atom. The van der Waals surface area contributed by atoms with Crippen LogP contribution in [0.3, 0.4) is 0 Å². The Kier molecular flexibility index (Phi) is 2.72. The monoisotopic (exact) mass is 252 g/mol. The average molecular weight is 252 g/mol. The third kappa shape index (κ3) is 1.76. The summed E-state index contributed by atoms with van der Waals surface area (Å²) in [7, 11) is 0. The van der Waals surface area contributed by atoms with Gasteiger partial charge in [0.25, 0.3) is 0 Å². The summed E-state index contributed by atoms with van der Waals surface area (Å²) >= 11 is 0. The van der Waals surface area contributed by atoms with Gasteiger partial charge in [-0.15, -0.1) is 0 Å². The number of carboxylic acid groups (broad SMARTS) is 1. The van der Waals surface area contributed by atoms with E-state index in [-0.39, 0.29) is 12.6 Å². The van der Waals surface area contributed by atoms with Crippen molar-refractivity contribution in [3.8, 4) is 0 Å². The van der Waals surface area contributed by atoms with Gasteiger partial charge in [-0.3, -0.25) is 4.79 Å². The zero-order valence-corrected chi connectivity index (χ0v) is 10.6. The Labute approximate surface area is 107 Å². The zero-order valence-electron chi connectivity index (χ0n) is 10.6. The first-order chi connectivity index (χ1) is 8.61. The van der Waals surface area contributed by atoms with E-state index < -0.39 is 5.97 Å². The summed E-state index contributed by atoms with van der Waals surface area (Å²) in [6.07, 6.45) is 4.00. The molecule has 0 aromatic carbocycles. The molecule has 0 aliphatic heterocycles. The van der Waals surface area contributed by atoms with Crippen LogP contribution in [-0.4, -0.2) is 41.1 Å². The number of carbonyl (C=O) groups is 2. The molecule has 3 aliphatic rings. The summed E-state index contributed by atoms with van der Waals surface area (Å²) in [6.45, 7) is 2.03. The van der Waals surface area contributed by atoms with Crippen LogP contribution in [0.2, 0.25) is 0 Å². The van der Waals surface area contributed by atoms with Gasteiger partial charge in [-0.05, 0) is 49.9 Å². The van der Waals surface area contributed by atoms with Gasteiger partial charge in [0.15, 0.2) is 0 Å². The maximum Gasteiger partial charge on any atom is 0.323 e. The number of likely N-dealkylation sites (N-methyl/N-ethyl adjacent to an activating group) is 1. The van der Waals surface area contributed by atoms with Crippen molar-refractivity contribution in [2.75, 3.05) is 13.1 Å². The van der Waals surface area contributed by atoms with Crippen LogP contribution in [0.15, 0.2) is 0 Å². The Balaban J connectivity index is 1.55. The normalized spacial score (nSPS) is 39.3. The van der Waals surface area contributed by atoms with Crippen LogP contribution in [0.4, 0.5) is 4.79 Å². The van der Waals surface area contributed by atoms with E-state index in [0.717, 1.165) is 11.8 Å². The van der Waals surface area contributed by atoms with E-state index in [2.05, 4.69) is 5.32 Å². The van der Waals surface area contributed by atoms with E-state index >= 15 is 0 Å². The molecule has 3 rings (SSSR count). The minimum absolute atomic E-state index is 0.210. The number of carboxylic acids is 1. The summed E-state index contributed by atoms with van der Waals surface area (Å²) in [5.74, 6) is 2.07. The van der Waals surface area contributed by atoms with Crippen molar-refractivity contribution in [1.82, 2.24) is 10.2 Å². The lowest BCUT2D eigenvalue weighted by Crippen LogP contribution is -2.44. The smallest absolute Gasteiger partial charge is 0.323 e. The highest BCUT2D eigenvalue weighted by molar-refractivity contribution is 5.80. The lowest BCUT2D eigenvalue weighted by atomic mass is 10.0. The molecular weight excluding hydrogens is 232 g/mol. The van der Waals surface area contributed by atoms with Crippen molar-refractivity contribution in [3.05, 3.63) is 0 Å². The molecule has 3 fully saturated rings. The average Bonchev–Trinajstić information content (AvgIpc) is 2.74. The molecule has 0 aromatic rings. The van der Waals surface area contributed by atoms with Gasteiger partial charge in [0.1, 0.15) is 6.54 Å². The van der Waals surface area contributed by atoms with Crippen molar-refractivity contribution in [2.24, 2.45) is 23.7 Å². The molecule has 0 radical (unpaired) electrons. The predicted octanol–water partition coefficient (Wildman–Crippen LogP) is 1.15. The van der Waals surface area contributed by atoms with E-state index in [0.29, 0.717) is 24.4 Å². The Morgan fingerprint density at radius 3 is 2.39 bits per heavy atom. The first-order valence-corrected chi connectivity index (χ1v) is 6.89. The summed E-state index contributed by atoms with van der Waals surface area (Å²) < 4.78 is 0. The van der Waals surface area contributed by atoms with E-state index in [4.69, 9.17) is 5.11 Å². The zero-order chi connectivity index (χ0) is 12.9. The van der Waals surface area contributed by atoms with Gasteiger partial charge in [-0.1, -0.05) is 0 Å². The molecule has 2 N–H and O–H groups in total. The molecule has 4 unspecified atom stereocenters. The molecule has 0 saturated heterocycles. The van der Waals surface area contributed by atoms with Crippen LogP contribution in [0, 0.1) is 23.7 Å². The minimum Gasteiger partial charge on any atom is -0.480 e. The van der Waals surface area contributed by atoms with E-state index in [1.165, 1.54) is 24.2 Å². The fourth-order valence-electron chi connectivity index (χ4n) is 4.24. The number of hydrogen-bond donors (Lipinski definition) is 2. The molecule has 0 heterocycles. The number of hydrogen-bond acceptors (Lipinski definition) is 2. The van der Waals surface area contributed by atoms with Crippen LogP contribution < -0.4 is 5.32 Å². The highest BCUT2D eigenvalue weighted by Crippen LogP contribution is 2.65. The molecule has 5 nitrogen and oxygen atoms in total. The minimum atomic E-state index is -0.955. The van der Waals surface area contributed by atoms with Gasteiger partial charge in [0.2, 0.25) is 0 Å². The standard InChI is InChI=1S/C13H20N2O3/c1-2-15(6-9(16)17)13(18)14-12-10-7-3-4-8(5-7)11(10)12/h7-8,10-12H,2-6H2,1H3,(H,14,18)(H,16,17). The highest BCUT2D eigenvalue weighted by atomic mass is 16.4. The highest BCUT2D eigenvalue weighted by Gasteiger charge is 2.65. The van der Waals surface area contributed by atoms with Crippen LogP contribution in [0.25, 0.3) is 0 Å². The van der Waals surface area contributed by atoms with Gasteiger partial charge in [-0.2, -0.15) is 0 Å². The Hall–Kier alpha value is -1.26. The molecule has 0 aromatic heterocycles. The quantitative estimate of drug-likeness (QED) is 0.788. The number of amides is 2. The van der Waals surface area contributed by atoms with Crippen LogP contribution in [0.5, 0.6) is 0 Å². The number of urea groups is 1. The van der Waals surface area contributed by atoms with Gasteiger partial charge < -0.3 is 15.3 Å². The molecule has 2 bridgehead atoms. The fourth-order valence-corrected chi connectivity index (χ4v) is 4.24. The number of fused-ring (bicyclic) bond motifs is 5. The van der Waals surface area contributed by atoms with Crippen LogP contribution in [0.1, 0.15) is 26.2 Å². The summed E-state index contributed by atoms with van der Waals surface area (Å²) in [4.78, 5) is 24.0. The van der Waals surface area contributed by atoms with Crippen LogP contribution in [-0.2, 0) is 4.79 Å². The number of aliphatic carboxylic acids is 1. The van der Waals surface area contributed by atoms with Crippen molar-refractivity contribution in [1.29, 1.82) is 0 Å². The lowest BCUT2D eigenvalue weighted by molar-refractivity contribution is -0.137. The van der Waals surface area contributed by atoms with Crippen molar-refractivity contribution in [3.63, 3.8) is 0 Å². The molecule has 0 spiro atoms. The van der Waals surface area contributed by atoms with Gasteiger partial charge in [0.05, 0.1) is 0 Å². The van der Waals surface area contributed by atoms with Crippen molar-refractivity contribution < 1.29 is 14.7 Å². The largest absolute Gasteiger partial charge is 0.480 e. The number of rotatable bonds is 4. The molecule has 100 valence electrons. The topological polar surface area (TPSA) is 69.6 Å². The Bertz CT molecular complexity index is 368. The maximum atomic E-state index is 12.0. The van der Waals surface area contributed by atoms with E-state index in [1.807, 2.05) is 0 Å². The molecule has 18 heavy (non-hydrogen) atoms. The number of carbonyl (C=O) groups excluding carboxylic acids is 1. The van der Waals surface area contributed by atoms with Gasteiger partial charge in [0, 0.05) is 12.6 Å². The summed E-state index contributed by atoms with van der Waals surface area (Å²) in [5, 5.41) is 11.8. The first-order valence-electron chi connectivity index (χ1n) is 6.89. The predicted molar refractivity (Wildman–Crippen MR) is 65.0 cm³/mol. The second kappa shape index (κ2) is 4.14. The number of nitrogens with zero attached hydrogens (tertiary/aromatic N) is 1. The Morgan fingerprint density at radius 1 is 1.28 bits per heavy atom. The molecular formula is C13H20N2O3. The van der Waals surface area contributed by atoms with Gasteiger partial charge in [-0.25, -0.2) is 4.79 Å². The number of nitrogens with one attached hydrogen (secondary N) is 1. The molecule has 3 saturated carbocycles. The molecule has 5 heteroatoms. The SMILES string of the molecule is CCN(CC(=O)O)C(=O)NC1C2C3CCC(C3)C12. The van der Waals surface area contributed by atoms with E-state index in [1.54, 1.807) is 6.92 Å². The second-order valence-electron chi connectivity index (χ2n) is 5.87. The fraction of sp³-hybridized carbons (Fsp3) is 0.846. The summed E-state index contributed by atoms with van der Waals surface area (Å²) in [6, 6.07) is 0.116. The first kappa shape index (κ1) is 11.8. The van der Waals surface area contributed by atoms with Crippen molar-refractivity contribution >= 4 is 12.0 Å². The lowest BCUT2D eigenvalue weighted by Gasteiger charge is -2.20. The molecule has 2 amide bonds. The summed E-state index contributed by atoms with van der Waals surface area (Å²) in [5.41, 5.74) is 0. The molecule has 4 atom stereocenters. The van der Waals surface area contributed by atoms with Crippen LogP contribution >= 0.6 is 0 Å². The second-order valence-corrected chi connectivity index (χ2v) is 5.87. The molecule has 3 aliphatic carbocycles. The third-order valence-corrected chi connectivity index (χ3v) is 5.02. The van der Waals surface area contributed by atoms with Gasteiger partial charge >= 0.3 is 12.0 Å². The van der Waals surface area contributed by atoms with Crippen molar-refractivity contribution in [2.45, 2.75) is 32.2 Å². The maximum absolute atomic E-state index is 12.0. The third-order valence-electron chi connectivity index (χ3n) is 5.02. The van der Waals surface area contributed by atoms with E-state index in [9.17, 15) is 9.59 Å².